The van der Waals surface area contributed by atoms with Crippen LogP contribution in [0, 0.1) is 0 Å². The van der Waals surface area contributed by atoms with Crippen LogP contribution < -0.4 is 5.73 Å². The zero-order valence-electron chi connectivity index (χ0n) is 9.27. The van der Waals surface area contributed by atoms with Gasteiger partial charge in [0.05, 0.1) is 5.69 Å². The molecule has 0 aliphatic carbocycles. The minimum absolute atomic E-state index is 0.210. The minimum atomic E-state index is 0.210. The molecule has 0 saturated heterocycles. The molecular formula is C14H15NO. The Morgan fingerprint density at radius 1 is 1.06 bits per heavy atom. The van der Waals surface area contributed by atoms with Crippen molar-refractivity contribution in [2.45, 2.75) is 13.3 Å². The monoisotopic (exact) mass is 213 g/mol. The Kier molecular flexibility index (Phi) is 2.82. The predicted molar refractivity (Wildman–Crippen MR) is 67.3 cm³/mol. The Morgan fingerprint density at radius 2 is 1.75 bits per heavy atom. The quantitative estimate of drug-likeness (QED) is 0.594. The maximum absolute atomic E-state index is 9.74. The van der Waals surface area contributed by atoms with E-state index in [0.717, 1.165) is 23.1 Å². The largest absolute Gasteiger partial charge is 0.506 e. The van der Waals surface area contributed by atoms with Crippen molar-refractivity contribution in [1.29, 1.82) is 0 Å². The summed E-state index contributed by atoms with van der Waals surface area (Å²) in [6.07, 6.45) is 0.775. The van der Waals surface area contributed by atoms with E-state index in [-0.39, 0.29) is 5.75 Å². The van der Waals surface area contributed by atoms with Crippen LogP contribution in [0.1, 0.15) is 12.5 Å². The number of phenols is 1. The lowest BCUT2D eigenvalue weighted by atomic mass is 10.0. The van der Waals surface area contributed by atoms with Crippen molar-refractivity contribution in [3.8, 4) is 16.9 Å². The SMILES string of the molecule is CCc1cc(-c2ccccc2)cc(N)c1O. The van der Waals surface area contributed by atoms with Gasteiger partial charge < -0.3 is 10.8 Å². The molecule has 0 spiro atoms. The molecule has 0 amide bonds. The number of nitrogens with two attached hydrogens (primary N) is 1. The van der Waals surface area contributed by atoms with Gasteiger partial charge in [0.25, 0.3) is 0 Å². The summed E-state index contributed by atoms with van der Waals surface area (Å²) in [5.74, 6) is 0.210. The van der Waals surface area contributed by atoms with Gasteiger partial charge in [0.15, 0.2) is 0 Å². The Morgan fingerprint density at radius 3 is 2.38 bits per heavy atom. The van der Waals surface area contributed by atoms with E-state index in [1.165, 1.54) is 0 Å². The highest BCUT2D eigenvalue weighted by atomic mass is 16.3. The van der Waals surface area contributed by atoms with Crippen LogP contribution >= 0.6 is 0 Å². The van der Waals surface area contributed by atoms with E-state index in [0.29, 0.717) is 5.69 Å². The average molecular weight is 213 g/mol. The van der Waals surface area contributed by atoms with Crippen LogP contribution in [0.2, 0.25) is 0 Å². The lowest BCUT2D eigenvalue weighted by molar-refractivity contribution is 0.471. The lowest BCUT2D eigenvalue weighted by Gasteiger charge is -2.09. The van der Waals surface area contributed by atoms with E-state index in [1.54, 1.807) is 0 Å². The van der Waals surface area contributed by atoms with Gasteiger partial charge in [-0.1, -0.05) is 37.3 Å². The molecule has 0 bridgehead atoms. The number of benzene rings is 2. The van der Waals surface area contributed by atoms with Gasteiger partial charge in [-0.15, -0.1) is 0 Å². The molecule has 0 saturated carbocycles. The summed E-state index contributed by atoms with van der Waals surface area (Å²) in [5.41, 5.74) is 9.28. The zero-order chi connectivity index (χ0) is 11.5. The second kappa shape index (κ2) is 4.27. The molecule has 0 aromatic heterocycles. The summed E-state index contributed by atoms with van der Waals surface area (Å²) in [7, 11) is 0. The summed E-state index contributed by atoms with van der Waals surface area (Å²) < 4.78 is 0. The smallest absolute Gasteiger partial charge is 0.141 e. The van der Waals surface area contributed by atoms with Gasteiger partial charge in [-0.3, -0.25) is 0 Å². The van der Waals surface area contributed by atoms with Gasteiger partial charge in [0.1, 0.15) is 5.75 Å². The van der Waals surface area contributed by atoms with Crippen molar-refractivity contribution in [3.63, 3.8) is 0 Å². The van der Waals surface area contributed by atoms with Gasteiger partial charge in [-0.25, -0.2) is 0 Å². The second-order valence-electron chi connectivity index (χ2n) is 3.79. The van der Waals surface area contributed by atoms with Crippen molar-refractivity contribution >= 4 is 5.69 Å². The number of nitrogen functional groups attached to an aromatic ring is 1. The van der Waals surface area contributed by atoms with E-state index in [4.69, 9.17) is 5.73 Å². The van der Waals surface area contributed by atoms with Gasteiger partial charge in [0, 0.05) is 0 Å². The molecule has 0 aliphatic rings. The Hall–Kier alpha value is -1.96. The molecule has 3 N–H and O–H groups in total. The Bertz CT molecular complexity index is 492. The fraction of sp³-hybridized carbons (Fsp3) is 0.143. The highest BCUT2D eigenvalue weighted by Crippen LogP contribution is 2.31. The number of aromatic hydroxyl groups is 1. The highest BCUT2D eigenvalue weighted by Gasteiger charge is 2.07. The third-order valence-electron chi connectivity index (χ3n) is 2.71. The number of anilines is 1. The van der Waals surface area contributed by atoms with E-state index in [2.05, 4.69) is 0 Å². The van der Waals surface area contributed by atoms with E-state index in [1.807, 2.05) is 49.4 Å². The molecule has 82 valence electrons. The fourth-order valence-electron chi connectivity index (χ4n) is 1.79. The first-order valence-electron chi connectivity index (χ1n) is 5.39. The van der Waals surface area contributed by atoms with Gasteiger partial charge >= 0.3 is 0 Å². The Labute approximate surface area is 95.4 Å². The molecule has 0 fully saturated rings. The van der Waals surface area contributed by atoms with E-state index < -0.39 is 0 Å². The van der Waals surface area contributed by atoms with E-state index in [9.17, 15) is 5.11 Å². The minimum Gasteiger partial charge on any atom is -0.506 e. The van der Waals surface area contributed by atoms with E-state index >= 15 is 0 Å². The van der Waals surface area contributed by atoms with Crippen molar-refractivity contribution in [3.05, 3.63) is 48.0 Å². The fourth-order valence-corrected chi connectivity index (χ4v) is 1.79. The Balaban J connectivity index is 2.55. The van der Waals surface area contributed by atoms with Crippen molar-refractivity contribution in [2.75, 3.05) is 5.73 Å². The van der Waals surface area contributed by atoms with Crippen LogP contribution in [0.3, 0.4) is 0 Å². The molecular weight excluding hydrogens is 198 g/mol. The summed E-state index contributed by atoms with van der Waals surface area (Å²) in [6, 6.07) is 13.8. The summed E-state index contributed by atoms with van der Waals surface area (Å²) in [4.78, 5) is 0. The first kappa shape index (κ1) is 10.6. The maximum atomic E-state index is 9.74. The number of aryl methyl sites for hydroxylation is 1. The molecule has 2 nitrogen and oxygen atoms in total. The molecule has 2 heteroatoms. The molecule has 16 heavy (non-hydrogen) atoms. The number of phenolic OH excluding ortho intramolecular Hbond substituents is 1. The molecule has 0 unspecified atom stereocenters. The van der Waals surface area contributed by atoms with Crippen LogP contribution in [-0.4, -0.2) is 5.11 Å². The van der Waals surface area contributed by atoms with Crippen LogP contribution in [0.25, 0.3) is 11.1 Å². The third kappa shape index (κ3) is 1.87. The van der Waals surface area contributed by atoms with Crippen LogP contribution in [-0.2, 0) is 6.42 Å². The first-order chi connectivity index (χ1) is 7.72. The summed E-state index contributed by atoms with van der Waals surface area (Å²) in [6.45, 7) is 2.00. The molecule has 0 aliphatic heterocycles. The summed E-state index contributed by atoms with van der Waals surface area (Å²) >= 11 is 0. The van der Waals surface area contributed by atoms with Crippen LogP contribution in [0.4, 0.5) is 5.69 Å². The first-order valence-corrected chi connectivity index (χ1v) is 5.39. The van der Waals surface area contributed by atoms with Crippen LogP contribution in [0.15, 0.2) is 42.5 Å². The second-order valence-corrected chi connectivity index (χ2v) is 3.79. The van der Waals surface area contributed by atoms with Gasteiger partial charge in [0.2, 0.25) is 0 Å². The number of hydrogen-bond acceptors (Lipinski definition) is 2. The average Bonchev–Trinajstić information content (AvgIpc) is 2.33. The van der Waals surface area contributed by atoms with Crippen molar-refractivity contribution < 1.29 is 5.11 Å². The van der Waals surface area contributed by atoms with Crippen molar-refractivity contribution in [1.82, 2.24) is 0 Å². The molecule has 0 heterocycles. The number of hydrogen-bond donors (Lipinski definition) is 2. The lowest BCUT2D eigenvalue weighted by Crippen LogP contribution is -1.92. The molecule has 2 rings (SSSR count). The maximum Gasteiger partial charge on any atom is 0.141 e. The molecule has 2 aromatic carbocycles. The standard InChI is InChI=1S/C14H15NO/c1-2-10-8-12(9-13(15)14(10)16)11-6-4-3-5-7-11/h3-9,16H,2,15H2,1H3. The zero-order valence-corrected chi connectivity index (χ0v) is 9.27. The van der Waals surface area contributed by atoms with Gasteiger partial charge in [-0.2, -0.15) is 0 Å². The van der Waals surface area contributed by atoms with Gasteiger partial charge in [-0.05, 0) is 35.2 Å². The van der Waals surface area contributed by atoms with Crippen LogP contribution in [0.5, 0.6) is 5.75 Å². The summed E-state index contributed by atoms with van der Waals surface area (Å²) in [5, 5.41) is 9.74. The molecule has 2 aromatic rings. The molecule has 0 radical (unpaired) electrons. The number of rotatable bonds is 2. The predicted octanol–water partition coefficient (Wildman–Crippen LogP) is 3.20. The highest BCUT2D eigenvalue weighted by molar-refractivity contribution is 5.72. The molecule has 0 atom stereocenters. The third-order valence-corrected chi connectivity index (χ3v) is 2.71. The normalized spacial score (nSPS) is 10.3. The topological polar surface area (TPSA) is 46.2 Å². The van der Waals surface area contributed by atoms with Crippen molar-refractivity contribution in [2.24, 2.45) is 0 Å².